The standard InChI is InChI=1S/C14H10ClN3O2/c1-8-3-2-4-12(10(8)6-16)18-13-11(15)5-9(7-17-13)14(19)20/h2-5,7H,1H3,(H,17,18)(H,19,20). The molecule has 2 N–H and O–H groups in total. The maximum atomic E-state index is 10.8. The summed E-state index contributed by atoms with van der Waals surface area (Å²) in [5.41, 5.74) is 1.90. The molecule has 0 atom stereocenters. The van der Waals surface area contributed by atoms with E-state index in [1.807, 2.05) is 13.0 Å². The second-order valence-electron chi connectivity index (χ2n) is 4.09. The largest absolute Gasteiger partial charge is 0.478 e. The van der Waals surface area contributed by atoms with E-state index in [9.17, 15) is 4.79 Å². The summed E-state index contributed by atoms with van der Waals surface area (Å²) in [7, 11) is 0. The number of pyridine rings is 1. The van der Waals surface area contributed by atoms with Crippen LogP contribution >= 0.6 is 11.6 Å². The second-order valence-corrected chi connectivity index (χ2v) is 4.50. The molecule has 6 heteroatoms. The number of aryl methyl sites for hydroxylation is 1. The Morgan fingerprint density at radius 2 is 2.25 bits per heavy atom. The molecule has 0 aliphatic rings. The number of aromatic nitrogens is 1. The van der Waals surface area contributed by atoms with Crippen molar-refractivity contribution < 1.29 is 9.90 Å². The molecule has 0 unspecified atom stereocenters. The highest BCUT2D eigenvalue weighted by Gasteiger charge is 2.11. The second kappa shape index (κ2) is 5.59. The number of hydrogen-bond donors (Lipinski definition) is 2. The smallest absolute Gasteiger partial charge is 0.337 e. The van der Waals surface area contributed by atoms with Crippen LogP contribution in [0.5, 0.6) is 0 Å². The number of carboxylic acids is 1. The molecule has 5 nitrogen and oxygen atoms in total. The minimum Gasteiger partial charge on any atom is -0.478 e. The van der Waals surface area contributed by atoms with Crippen molar-refractivity contribution in [3.63, 3.8) is 0 Å². The molecule has 0 amide bonds. The highest BCUT2D eigenvalue weighted by atomic mass is 35.5. The molecule has 0 fully saturated rings. The van der Waals surface area contributed by atoms with Gasteiger partial charge in [-0.1, -0.05) is 23.7 Å². The van der Waals surface area contributed by atoms with E-state index >= 15 is 0 Å². The van der Waals surface area contributed by atoms with Crippen molar-refractivity contribution in [1.82, 2.24) is 4.98 Å². The summed E-state index contributed by atoms with van der Waals surface area (Å²) in [6, 6.07) is 8.77. The van der Waals surface area contributed by atoms with Crippen LogP contribution in [0, 0.1) is 18.3 Å². The van der Waals surface area contributed by atoms with Crippen molar-refractivity contribution in [3.8, 4) is 6.07 Å². The first-order chi connectivity index (χ1) is 9.52. The molecule has 100 valence electrons. The zero-order valence-electron chi connectivity index (χ0n) is 10.5. The Kier molecular flexibility index (Phi) is 3.87. The number of anilines is 2. The van der Waals surface area contributed by atoms with Gasteiger partial charge in [0.15, 0.2) is 0 Å². The molecule has 2 rings (SSSR count). The Bertz CT molecular complexity index is 723. The van der Waals surface area contributed by atoms with Crippen molar-refractivity contribution in [2.24, 2.45) is 0 Å². The van der Waals surface area contributed by atoms with Crippen molar-refractivity contribution in [3.05, 3.63) is 52.2 Å². The van der Waals surface area contributed by atoms with Gasteiger partial charge in [0.05, 0.1) is 21.8 Å². The lowest BCUT2D eigenvalue weighted by Gasteiger charge is -2.10. The number of benzene rings is 1. The van der Waals surface area contributed by atoms with Gasteiger partial charge in [0, 0.05) is 6.20 Å². The molecule has 0 saturated carbocycles. The van der Waals surface area contributed by atoms with Crippen LogP contribution in [0.1, 0.15) is 21.5 Å². The molecule has 1 heterocycles. The Hall–Kier alpha value is -2.58. The third-order valence-electron chi connectivity index (χ3n) is 2.73. The van der Waals surface area contributed by atoms with Crippen LogP contribution in [0.25, 0.3) is 0 Å². The van der Waals surface area contributed by atoms with Gasteiger partial charge in [-0.3, -0.25) is 0 Å². The fraction of sp³-hybridized carbons (Fsp3) is 0.0714. The summed E-state index contributed by atoms with van der Waals surface area (Å²) in [5.74, 6) is -0.794. The first-order valence-corrected chi connectivity index (χ1v) is 6.06. The fourth-order valence-electron chi connectivity index (χ4n) is 1.69. The normalized spacial score (nSPS) is 9.85. The summed E-state index contributed by atoms with van der Waals surface area (Å²) in [6.07, 6.45) is 1.21. The average Bonchev–Trinajstić information content (AvgIpc) is 2.41. The lowest BCUT2D eigenvalue weighted by atomic mass is 10.1. The number of hydrogen-bond acceptors (Lipinski definition) is 4. The van der Waals surface area contributed by atoms with Gasteiger partial charge in [-0.05, 0) is 24.6 Å². The monoisotopic (exact) mass is 287 g/mol. The summed E-state index contributed by atoms with van der Waals surface area (Å²) >= 11 is 5.99. The first-order valence-electron chi connectivity index (χ1n) is 5.68. The van der Waals surface area contributed by atoms with E-state index < -0.39 is 5.97 Å². The highest BCUT2D eigenvalue weighted by molar-refractivity contribution is 6.33. The maximum absolute atomic E-state index is 10.8. The highest BCUT2D eigenvalue weighted by Crippen LogP contribution is 2.27. The summed E-state index contributed by atoms with van der Waals surface area (Å²) < 4.78 is 0. The van der Waals surface area contributed by atoms with Gasteiger partial charge in [-0.25, -0.2) is 9.78 Å². The SMILES string of the molecule is Cc1cccc(Nc2ncc(C(=O)O)cc2Cl)c1C#N. The van der Waals surface area contributed by atoms with E-state index in [0.717, 1.165) is 5.56 Å². The molecule has 0 aliphatic heterocycles. The zero-order chi connectivity index (χ0) is 14.7. The number of rotatable bonds is 3. The molecule has 0 aliphatic carbocycles. The minimum atomic E-state index is -1.10. The Morgan fingerprint density at radius 1 is 1.50 bits per heavy atom. The van der Waals surface area contributed by atoms with Gasteiger partial charge in [-0.2, -0.15) is 5.26 Å². The number of aromatic carboxylic acids is 1. The van der Waals surface area contributed by atoms with Gasteiger partial charge in [0.25, 0.3) is 0 Å². The van der Waals surface area contributed by atoms with Crippen LogP contribution in [-0.2, 0) is 0 Å². The Balaban J connectivity index is 2.39. The van der Waals surface area contributed by atoms with Gasteiger partial charge in [0.2, 0.25) is 0 Å². The fourth-order valence-corrected chi connectivity index (χ4v) is 1.91. The lowest BCUT2D eigenvalue weighted by Crippen LogP contribution is -2.02. The predicted molar refractivity (Wildman–Crippen MR) is 75.4 cm³/mol. The molecule has 1 aromatic carbocycles. The number of nitrogens with one attached hydrogen (secondary N) is 1. The maximum Gasteiger partial charge on any atom is 0.337 e. The van der Waals surface area contributed by atoms with Crippen molar-refractivity contribution in [1.29, 1.82) is 5.26 Å². The van der Waals surface area contributed by atoms with Crippen LogP contribution in [0.15, 0.2) is 30.5 Å². The van der Waals surface area contributed by atoms with E-state index in [2.05, 4.69) is 16.4 Å². The number of carbonyl (C=O) groups is 1. The number of carboxylic acid groups (broad SMARTS) is 1. The molecule has 1 aromatic heterocycles. The number of nitrogens with zero attached hydrogens (tertiary/aromatic N) is 2. The van der Waals surface area contributed by atoms with Crippen LogP contribution in [0.3, 0.4) is 0 Å². The summed E-state index contributed by atoms with van der Waals surface area (Å²) in [5, 5.41) is 21.1. The quantitative estimate of drug-likeness (QED) is 0.904. The van der Waals surface area contributed by atoms with Crippen molar-refractivity contribution in [2.45, 2.75) is 6.92 Å². The van der Waals surface area contributed by atoms with Gasteiger partial charge < -0.3 is 10.4 Å². The van der Waals surface area contributed by atoms with Crippen LogP contribution in [0.2, 0.25) is 5.02 Å². The lowest BCUT2D eigenvalue weighted by molar-refractivity contribution is 0.0696. The van der Waals surface area contributed by atoms with Gasteiger partial charge >= 0.3 is 5.97 Å². The average molecular weight is 288 g/mol. The minimum absolute atomic E-state index is 0.00491. The van der Waals surface area contributed by atoms with Crippen molar-refractivity contribution >= 4 is 29.1 Å². The van der Waals surface area contributed by atoms with E-state index in [1.54, 1.807) is 12.1 Å². The third kappa shape index (κ3) is 2.71. The Morgan fingerprint density at radius 3 is 2.85 bits per heavy atom. The zero-order valence-corrected chi connectivity index (χ0v) is 11.3. The predicted octanol–water partition coefficient (Wildman–Crippen LogP) is 3.36. The topological polar surface area (TPSA) is 86.0 Å². The summed E-state index contributed by atoms with van der Waals surface area (Å²) in [4.78, 5) is 14.8. The molecule has 0 saturated heterocycles. The number of nitriles is 1. The molecule has 0 bridgehead atoms. The molecular formula is C14H10ClN3O2. The molecular weight excluding hydrogens is 278 g/mol. The molecule has 2 aromatic rings. The summed E-state index contributed by atoms with van der Waals surface area (Å²) in [6.45, 7) is 1.83. The van der Waals surface area contributed by atoms with Gasteiger partial charge in [0.1, 0.15) is 11.9 Å². The van der Waals surface area contributed by atoms with Gasteiger partial charge in [-0.15, -0.1) is 0 Å². The van der Waals surface area contributed by atoms with Crippen LogP contribution < -0.4 is 5.32 Å². The van der Waals surface area contributed by atoms with E-state index in [-0.39, 0.29) is 10.6 Å². The molecule has 20 heavy (non-hydrogen) atoms. The molecule has 0 spiro atoms. The van der Waals surface area contributed by atoms with Crippen LogP contribution in [0.4, 0.5) is 11.5 Å². The third-order valence-corrected chi connectivity index (χ3v) is 3.01. The molecule has 0 radical (unpaired) electrons. The number of halogens is 1. The van der Waals surface area contributed by atoms with Crippen LogP contribution in [-0.4, -0.2) is 16.1 Å². The first kappa shape index (κ1) is 13.8. The van der Waals surface area contributed by atoms with Crippen molar-refractivity contribution in [2.75, 3.05) is 5.32 Å². The van der Waals surface area contributed by atoms with E-state index in [4.69, 9.17) is 22.0 Å². The van der Waals surface area contributed by atoms with E-state index in [1.165, 1.54) is 12.3 Å². The van der Waals surface area contributed by atoms with E-state index in [0.29, 0.717) is 17.1 Å². The Labute approximate surface area is 120 Å².